The van der Waals surface area contributed by atoms with E-state index in [1.807, 2.05) is 4.72 Å². The van der Waals surface area contributed by atoms with Crippen LogP contribution in [0.25, 0.3) is 0 Å². The van der Waals surface area contributed by atoms with E-state index in [0.717, 1.165) is 30.3 Å². The Morgan fingerprint density at radius 2 is 1.67 bits per heavy atom. The first-order chi connectivity index (χ1) is 9.78. The quantitative estimate of drug-likeness (QED) is 0.694. The third kappa shape index (κ3) is 3.51. The zero-order valence-corrected chi connectivity index (χ0v) is 11.1. The Morgan fingerprint density at radius 3 is 2.24 bits per heavy atom. The Morgan fingerprint density at radius 1 is 1.05 bits per heavy atom. The van der Waals surface area contributed by atoms with Gasteiger partial charge in [-0.2, -0.15) is 0 Å². The molecular weight excluding hydrogens is 306 g/mol. The number of halogens is 2. The average molecular weight is 314 g/mol. The number of hydrogen-bond donors (Lipinski definition) is 1. The Balaban J connectivity index is 2.38. The molecule has 0 spiro atoms. The van der Waals surface area contributed by atoms with Crippen LogP contribution >= 0.6 is 0 Å². The summed E-state index contributed by atoms with van der Waals surface area (Å²) in [6.45, 7) is 0. The summed E-state index contributed by atoms with van der Waals surface area (Å²) in [7, 11) is -4.19. The topological polar surface area (TPSA) is 89.3 Å². The van der Waals surface area contributed by atoms with Crippen LogP contribution < -0.4 is 4.72 Å². The van der Waals surface area contributed by atoms with E-state index in [4.69, 9.17) is 0 Å². The van der Waals surface area contributed by atoms with E-state index >= 15 is 0 Å². The van der Waals surface area contributed by atoms with Gasteiger partial charge in [0, 0.05) is 18.2 Å². The maximum absolute atomic E-state index is 13.0. The van der Waals surface area contributed by atoms with Crippen molar-refractivity contribution >= 4 is 21.4 Å². The molecule has 110 valence electrons. The second kappa shape index (κ2) is 5.44. The highest BCUT2D eigenvalue weighted by Crippen LogP contribution is 2.21. The van der Waals surface area contributed by atoms with Gasteiger partial charge in [0.05, 0.1) is 15.5 Å². The molecule has 0 radical (unpaired) electrons. The molecule has 21 heavy (non-hydrogen) atoms. The van der Waals surface area contributed by atoms with Gasteiger partial charge in [-0.1, -0.05) is 6.07 Å². The van der Waals surface area contributed by atoms with Crippen molar-refractivity contribution in [3.63, 3.8) is 0 Å². The van der Waals surface area contributed by atoms with Crippen molar-refractivity contribution in [3.8, 4) is 0 Å². The highest BCUT2D eigenvalue weighted by Gasteiger charge is 2.18. The number of hydrogen-bond acceptors (Lipinski definition) is 4. The predicted molar refractivity (Wildman–Crippen MR) is 70.3 cm³/mol. The summed E-state index contributed by atoms with van der Waals surface area (Å²) in [5.41, 5.74) is -0.734. The van der Waals surface area contributed by atoms with Gasteiger partial charge in [-0.15, -0.1) is 0 Å². The third-order valence-corrected chi connectivity index (χ3v) is 3.83. The van der Waals surface area contributed by atoms with E-state index in [0.29, 0.717) is 6.07 Å². The first kappa shape index (κ1) is 14.9. The Hall–Kier alpha value is -2.55. The van der Waals surface area contributed by atoms with Gasteiger partial charge in [0.2, 0.25) is 0 Å². The van der Waals surface area contributed by atoms with Crippen LogP contribution in [0.3, 0.4) is 0 Å². The number of rotatable bonds is 4. The second-order valence-corrected chi connectivity index (χ2v) is 5.70. The van der Waals surface area contributed by atoms with Gasteiger partial charge >= 0.3 is 0 Å². The first-order valence-corrected chi connectivity index (χ1v) is 6.99. The molecule has 1 N–H and O–H groups in total. The maximum Gasteiger partial charge on any atom is 0.270 e. The van der Waals surface area contributed by atoms with Crippen molar-refractivity contribution in [3.05, 3.63) is 64.2 Å². The lowest BCUT2D eigenvalue weighted by Gasteiger charge is -2.08. The second-order valence-electron chi connectivity index (χ2n) is 4.02. The molecule has 9 heteroatoms. The molecule has 0 bridgehead atoms. The Kier molecular flexibility index (Phi) is 3.85. The van der Waals surface area contributed by atoms with Crippen molar-refractivity contribution in [1.82, 2.24) is 0 Å². The Labute approximate surface area is 118 Å². The van der Waals surface area contributed by atoms with Crippen molar-refractivity contribution in [1.29, 1.82) is 0 Å². The fourth-order valence-corrected chi connectivity index (χ4v) is 2.67. The van der Waals surface area contributed by atoms with E-state index in [2.05, 4.69) is 0 Å². The molecule has 0 atom stereocenters. The van der Waals surface area contributed by atoms with Crippen molar-refractivity contribution in [2.75, 3.05) is 4.72 Å². The summed E-state index contributed by atoms with van der Waals surface area (Å²) >= 11 is 0. The molecule has 0 aromatic heterocycles. The average Bonchev–Trinajstić information content (AvgIpc) is 2.37. The number of non-ortho nitro benzene ring substituents is 1. The summed E-state index contributed by atoms with van der Waals surface area (Å²) in [6.07, 6.45) is 0. The van der Waals surface area contributed by atoms with Gasteiger partial charge in [-0.05, 0) is 18.2 Å². The Bertz CT molecular complexity index is 788. The summed E-state index contributed by atoms with van der Waals surface area (Å²) in [4.78, 5) is 9.48. The third-order valence-electron chi connectivity index (χ3n) is 2.45. The van der Waals surface area contributed by atoms with Gasteiger partial charge in [-0.25, -0.2) is 17.2 Å². The van der Waals surface area contributed by atoms with Gasteiger partial charge < -0.3 is 0 Å². The standard InChI is InChI=1S/C12H8F2N2O4S/c13-8-4-9(14)6-10(5-8)15-21(19,20)12-3-1-2-11(7-12)16(17)18/h1-7,15H. The molecule has 2 rings (SSSR count). The summed E-state index contributed by atoms with van der Waals surface area (Å²) in [6, 6.07) is 6.46. The fourth-order valence-electron chi connectivity index (χ4n) is 1.59. The molecular formula is C12H8F2N2O4S. The molecule has 0 saturated carbocycles. The molecule has 0 unspecified atom stereocenters. The molecule has 6 nitrogen and oxygen atoms in total. The van der Waals surface area contributed by atoms with E-state index < -0.39 is 32.3 Å². The number of sulfonamides is 1. The SMILES string of the molecule is O=[N+]([O-])c1cccc(S(=O)(=O)Nc2cc(F)cc(F)c2)c1. The minimum absolute atomic E-state index is 0.320. The van der Waals surface area contributed by atoms with Crippen LogP contribution in [0.15, 0.2) is 47.4 Å². The van der Waals surface area contributed by atoms with Crippen LogP contribution in [0.4, 0.5) is 20.2 Å². The smallest absolute Gasteiger partial charge is 0.270 e. The number of benzene rings is 2. The summed E-state index contributed by atoms with van der Waals surface area (Å²) in [5.74, 6) is -1.90. The molecule has 0 aliphatic rings. The van der Waals surface area contributed by atoms with Crippen LogP contribution in [0.1, 0.15) is 0 Å². The number of nitrogens with zero attached hydrogens (tertiary/aromatic N) is 1. The van der Waals surface area contributed by atoms with Gasteiger partial charge in [0.25, 0.3) is 15.7 Å². The van der Waals surface area contributed by atoms with Crippen molar-refractivity contribution < 1.29 is 22.1 Å². The summed E-state index contributed by atoms with van der Waals surface area (Å²) in [5, 5.41) is 10.6. The van der Waals surface area contributed by atoms with Crippen LogP contribution in [-0.2, 0) is 10.0 Å². The molecule has 0 saturated heterocycles. The van der Waals surface area contributed by atoms with E-state index in [1.54, 1.807) is 0 Å². The van der Waals surface area contributed by atoms with Crippen LogP contribution in [0.5, 0.6) is 0 Å². The van der Waals surface area contributed by atoms with Crippen LogP contribution in [0.2, 0.25) is 0 Å². The zero-order chi connectivity index (χ0) is 15.6. The number of nitro benzene ring substituents is 1. The van der Waals surface area contributed by atoms with Crippen molar-refractivity contribution in [2.24, 2.45) is 0 Å². The monoisotopic (exact) mass is 314 g/mol. The lowest BCUT2D eigenvalue weighted by Crippen LogP contribution is -2.13. The van der Waals surface area contributed by atoms with Gasteiger partial charge in [0.1, 0.15) is 11.6 Å². The fraction of sp³-hybridized carbons (Fsp3) is 0. The number of nitrogens with one attached hydrogen (secondary N) is 1. The molecule has 2 aromatic rings. The molecule has 0 aliphatic carbocycles. The van der Waals surface area contributed by atoms with E-state index in [9.17, 15) is 27.3 Å². The normalized spacial score (nSPS) is 11.1. The lowest BCUT2D eigenvalue weighted by molar-refractivity contribution is -0.385. The van der Waals surface area contributed by atoms with Crippen molar-refractivity contribution in [2.45, 2.75) is 4.90 Å². The maximum atomic E-state index is 13.0. The molecule has 0 heterocycles. The van der Waals surface area contributed by atoms with E-state index in [-0.39, 0.29) is 10.6 Å². The van der Waals surface area contributed by atoms with Gasteiger partial charge in [-0.3, -0.25) is 14.8 Å². The zero-order valence-electron chi connectivity index (χ0n) is 10.3. The first-order valence-electron chi connectivity index (χ1n) is 5.51. The molecule has 0 fully saturated rings. The minimum atomic E-state index is -4.19. The van der Waals surface area contributed by atoms with Gasteiger partial charge in [0.15, 0.2) is 0 Å². The molecule has 2 aromatic carbocycles. The highest BCUT2D eigenvalue weighted by molar-refractivity contribution is 7.92. The van der Waals surface area contributed by atoms with Crippen LogP contribution in [-0.4, -0.2) is 13.3 Å². The minimum Gasteiger partial charge on any atom is -0.279 e. The predicted octanol–water partition coefficient (Wildman–Crippen LogP) is 2.67. The summed E-state index contributed by atoms with van der Waals surface area (Å²) < 4.78 is 52.0. The molecule has 0 aliphatic heterocycles. The number of anilines is 1. The van der Waals surface area contributed by atoms with Crippen LogP contribution in [0, 0.1) is 21.7 Å². The molecule has 0 amide bonds. The highest BCUT2D eigenvalue weighted by atomic mass is 32.2. The lowest BCUT2D eigenvalue weighted by atomic mass is 10.3. The largest absolute Gasteiger partial charge is 0.279 e. The number of nitro groups is 1. The van der Waals surface area contributed by atoms with E-state index in [1.165, 1.54) is 6.07 Å².